The van der Waals surface area contributed by atoms with Crippen molar-refractivity contribution in [2.45, 2.75) is 33.1 Å². The van der Waals surface area contributed by atoms with Crippen LogP contribution in [0.15, 0.2) is 28.8 Å². The third kappa shape index (κ3) is 5.52. The molecule has 1 N–H and O–H groups in total. The molecule has 1 fully saturated rings. The highest BCUT2D eigenvalue weighted by molar-refractivity contribution is 5.80. The molecule has 3 amide bonds. The molecule has 0 radical (unpaired) electrons. The van der Waals surface area contributed by atoms with Gasteiger partial charge >= 0.3 is 6.03 Å². The molecule has 1 aliphatic heterocycles. The van der Waals surface area contributed by atoms with Crippen molar-refractivity contribution in [3.8, 4) is 5.75 Å². The van der Waals surface area contributed by atoms with Crippen molar-refractivity contribution in [2.24, 2.45) is 0 Å². The Morgan fingerprint density at radius 2 is 1.77 bits per heavy atom. The first-order valence-corrected chi connectivity index (χ1v) is 10.3. The van der Waals surface area contributed by atoms with Crippen LogP contribution in [0.3, 0.4) is 0 Å². The van der Waals surface area contributed by atoms with Gasteiger partial charge in [0.1, 0.15) is 11.5 Å². The number of hydrogen-bond acceptors (Lipinski definition) is 5. The molecule has 1 aromatic heterocycles. The van der Waals surface area contributed by atoms with Gasteiger partial charge in [-0.25, -0.2) is 4.79 Å². The minimum Gasteiger partial charge on any atom is -0.497 e. The van der Waals surface area contributed by atoms with Gasteiger partial charge in [-0.2, -0.15) is 0 Å². The largest absolute Gasteiger partial charge is 0.497 e. The molecule has 162 valence electrons. The molecule has 0 unspecified atom stereocenters. The number of piperazine rings is 1. The Hall–Kier alpha value is -3.03. The monoisotopic (exact) mass is 414 g/mol. The van der Waals surface area contributed by atoms with Gasteiger partial charge in [0, 0.05) is 38.3 Å². The first-order valence-electron chi connectivity index (χ1n) is 10.3. The summed E-state index contributed by atoms with van der Waals surface area (Å²) in [6.45, 7) is 6.45. The van der Waals surface area contributed by atoms with E-state index < -0.39 is 0 Å². The summed E-state index contributed by atoms with van der Waals surface area (Å²) in [6.07, 6.45) is 2.06. The van der Waals surface area contributed by atoms with E-state index >= 15 is 0 Å². The quantitative estimate of drug-likeness (QED) is 0.703. The van der Waals surface area contributed by atoms with Gasteiger partial charge in [-0.3, -0.25) is 4.79 Å². The maximum Gasteiger partial charge on any atom is 0.317 e. The van der Waals surface area contributed by atoms with Crippen LogP contribution < -0.4 is 10.1 Å². The van der Waals surface area contributed by atoms with E-state index in [1.54, 1.807) is 16.9 Å². The lowest BCUT2D eigenvalue weighted by molar-refractivity contribution is -0.131. The highest BCUT2D eigenvalue weighted by atomic mass is 16.5. The van der Waals surface area contributed by atoms with E-state index in [2.05, 4.69) is 10.5 Å². The number of rotatable bonds is 7. The average Bonchev–Trinajstić information content (AvgIpc) is 3.09. The first-order chi connectivity index (χ1) is 14.5. The SMILES string of the molecule is COc1ccc(CCCNC(=O)N2CCN(C(=O)Cc3c(C)noc3C)CC2)cc1. The molecule has 1 saturated heterocycles. The molecule has 0 aliphatic carbocycles. The third-order valence-corrected chi connectivity index (χ3v) is 5.51. The number of nitrogens with zero attached hydrogens (tertiary/aromatic N) is 3. The van der Waals surface area contributed by atoms with E-state index in [0.29, 0.717) is 44.9 Å². The van der Waals surface area contributed by atoms with Gasteiger partial charge in [0.15, 0.2) is 0 Å². The summed E-state index contributed by atoms with van der Waals surface area (Å²) in [6, 6.07) is 7.90. The second kappa shape index (κ2) is 10.1. The Balaban J connectivity index is 1.36. The van der Waals surface area contributed by atoms with Gasteiger partial charge in [0.2, 0.25) is 5.91 Å². The predicted octanol–water partition coefficient (Wildman–Crippen LogP) is 2.33. The lowest BCUT2D eigenvalue weighted by atomic mass is 10.1. The molecule has 2 aromatic rings. The van der Waals surface area contributed by atoms with Gasteiger partial charge in [-0.05, 0) is 44.4 Å². The maximum atomic E-state index is 12.6. The van der Waals surface area contributed by atoms with Crippen molar-refractivity contribution in [3.05, 3.63) is 46.8 Å². The van der Waals surface area contributed by atoms with Crippen LogP contribution in [0, 0.1) is 13.8 Å². The fourth-order valence-electron chi connectivity index (χ4n) is 3.57. The lowest BCUT2D eigenvalue weighted by Gasteiger charge is -2.34. The Kier molecular flexibility index (Phi) is 7.32. The standard InChI is InChI=1S/C22H30N4O4/c1-16-20(17(2)30-24-16)15-21(27)25-11-13-26(14-12-25)22(28)23-10-4-5-18-6-8-19(29-3)9-7-18/h6-9H,4-5,10-15H2,1-3H3,(H,23,28). The van der Waals surface area contributed by atoms with Crippen molar-refractivity contribution >= 4 is 11.9 Å². The topological polar surface area (TPSA) is 87.9 Å². The van der Waals surface area contributed by atoms with E-state index in [4.69, 9.17) is 9.26 Å². The molecular formula is C22H30N4O4. The lowest BCUT2D eigenvalue weighted by Crippen LogP contribution is -2.53. The number of urea groups is 1. The normalized spacial score (nSPS) is 14.0. The molecule has 1 aromatic carbocycles. The van der Waals surface area contributed by atoms with E-state index in [1.165, 1.54) is 5.56 Å². The molecule has 8 heteroatoms. The summed E-state index contributed by atoms with van der Waals surface area (Å²) in [4.78, 5) is 28.5. The number of amides is 3. The highest BCUT2D eigenvalue weighted by Gasteiger charge is 2.25. The minimum atomic E-state index is -0.0671. The molecule has 0 saturated carbocycles. The smallest absolute Gasteiger partial charge is 0.317 e. The van der Waals surface area contributed by atoms with Crippen LogP contribution in [0.2, 0.25) is 0 Å². The van der Waals surface area contributed by atoms with Crippen LogP contribution in [-0.2, 0) is 17.6 Å². The van der Waals surface area contributed by atoms with E-state index in [9.17, 15) is 9.59 Å². The van der Waals surface area contributed by atoms with Crippen LogP contribution in [0.25, 0.3) is 0 Å². The zero-order chi connectivity index (χ0) is 21.5. The first kappa shape index (κ1) is 21.7. The second-order valence-corrected chi connectivity index (χ2v) is 7.53. The number of aryl methyl sites for hydroxylation is 3. The van der Waals surface area contributed by atoms with Crippen LogP contribution >= 0.6 is 0 Å². The average molecular weight is 415 g/mol. The van der Waals surface area contributed by atoms with Crippen molar-refractivity contribution in [2.75, 3.05) is 39.8 Å². The number of methoxy groups -OCH3 is 1. The maximum absolute atomic E-state index is 12.6. The fraction of sp³-hybridized carbons (Fsp3) is 0.500. The number of benzene rings is 1. The van der Waals surface area contributed by atoms with Gasteiger partial charge < -0.3 is 24.4 Å². The molecule has 8 nitrogen and oxygen atoms in total. The third-order valence-electron chi connectivity index (χ3n) is 5.51. The summed E-state index contributed by atoms with van der Waals surface area (Å²) in [5.41, 5.74) is 2.83. The highest BCUT2D eigenvalue weighted by Crippen LogP contribution is 2.15. The van der Waals surface area contributed by atoms with E-state index in [-0.39, 0.29) is 11.9 Å². The Labute approximate surface area is 177 Å². The molecule has 30 heavy (non-hydrogen) atoms. The van der Waals surface area contributed by atoms with Crippen LogP contribution in [0.1, 0.15) is 29.0 Å². The molecule has 0 atom stereocenters. The fourth-order valence-corrected chi connectivity index (χ4v) is 3.57. The summed E-state index contributed by atoms with van der Waals surface area (Å²) in [7, 11) is 1.65. The zero-order valence-corrected chi connectivity index (χ0v) is 17.9. The van der Waals surface area contributed by atoms with Gasteiger partial charge in [-0.1, -0.05) is 17.3 Å². The van der Waals surface area contributed by atoms with Gasteiger partial charge in [0.25, 0.3) is 0 Å². The Bertz CT molecular complexity index is 835. The number of hydrogen-bond donors (Lipinski definition) is 1. The zero-order valence-electron chi connectivity index (χ0n) is 17.9. The molecule has 0 spiro atoms. The van der Waals surface area contributed by atoms with Crippen LogP contribution in [0.5, 0.6) is 5.75 Å². The van der Waals surface area contributed by atoms with E-state index in [0.717, 1.165) is 29.8 Å². The number of aromatic nitrogens is 1. The molecule has 1 aliphatic rings. The minimum absolute atomic E-state index is 0.0453. The summed E-state index contributed by atoms with van der Waals surface area (Å²) in [5.74, 6) is 1.58. The number of ether oxygens (including phenoxy) is 1. The summed E-state index contributed by atoms with van der Waals surface area (Å²) in [5, 5.41) is 6.88. The van der Waals surface area contributed by atoms with Crippen molar-refractivity contribution in [3.63, 3.8) is 0 Å². The predicted molar refractivity (Wildman–Crippen MR) is 113 cm³/mol. The second-order valence-electron chi connectivity index (χ2n) is 7.53. The molecule has 2 heterocycles. The summed E-state index contributed by atoms with van der Waals surface area (Å²) < 4.78 is 10.3. The molecular weight excluding hydrogens is 384 g/mol. The van der Waals surface area contributed by atoms with Crippen molar-refractivity contribution < 1.29 is 18.8 Å². The number of carbonyl (C=O) groups excluding carboxylic acids is 2. The van der Waals surface area contributed by atoms with Crippen LogP contribution in [0.4, 0.5) is 4.79 Å². The van der Waals surface area contributed by atoms with E-state index in [1.807, 2.05) is 38.1 Å². The number of carbonyl (C=O) groups is 2. The molecule has 3 rings (SSSR count). The number of nitrogens with one attached hydrogen (secondary N) is 1. The Morgan fingerprint density at radius 1 is 1.10 bits per heavy atom. The van der Waals surface area contributed by atoms with Crippen molar-refractivity contribution in [1.82, 2.24) is 20.3 Å². The Morgan fingerprint density at radius 3 is 2.37 bits per heavy atom. The van der Waals surface area contributed by atoms with Gasteiger partial charge in [0.05, 0.1) is 19.2 Å². The van der Waals surface area contributed by atoms with Crippen LogP contribution in [-0.4, -0.2) is 66.7 Å². The van der Waals surface area contributed by atoms with Gasteiger partial charge in [-0.15, -0.1) is 0 Å². The summed E-state index contributed by atoms with van der Waals surface area (Å²) >= 11 is 0. The molecule has 0 bridgehead atoms. The van der Waals surface area contributed by atoms with Crippen molar-refractivity contribution in [1.29, 1.82) is 0 Å².